The summed E-state index contributed by atoms with van der Waals surface area (Å²) in [4.78, 5) is 4.53. The molecule has 1 N–H and O–H groups in total. The van der Waals surface area contributed by atoms with E-state index in [1.165, 1.54) is 36.1 Å². The Hall–Kier alpha value is -0.890. The number of hydrogen-bond acceptors (Lipinski definition) is 2. The van der Waals surface area contributed by atoms with Gasteiger partial charge in [0.1, 0.15) is 0 Å². The third-order valence-corrected chi connectivity index (χ3v) is 2.79. The summed E-state index contributed by atoms with van der Waals surface area (Å²) >= 11 is 0. The lowest BCUT2D eigenvalue weighted by Gasteiger charge is -2.16. The van der Waals surface area contributed by atoms with Crippen LogP contribution in [-0.4, -0.2) is 11.5 Å². The highest BCUT2D eigenvalue weighted by Crippen LogP contribution is 2.14. The summed E-state index contributed by atoms with van der Waals surface area (Å²) < 4.78 is 0. The second kappa shape index (κ2) is 4.56. The molecule has 0 saturated carbocycles. The van der Waals surface area contributed by atoms with Gasteiger partial charge in [-0.05, 0) is 24.0 Å². The van der Waals surface area contributed by atoms with Crippen LogP contribution in [0.5, 0.6) is 0 Å². The molecule has 0 spiro atoms. The van der Waals surface area contributed by atoms with Crippen molar-refractivity contribution in [3.8, 4) is 0 Å². The molecule has 1 aromatic rings. The quantitative estimate of drug-likeness (QED) is 0.789. The Labute approximate surface area is 85.7 Å². The van der Waals surface area contributed by atoms with Crippen LogP contribution in [0.15, 0.2) is 12.3 Å². The molecule has 0 aromatic carbocycles. The molecule has 0 saturated heterocycles. The topological polar surface area (TPSA) is 24.9 Å². The van der Waals surface area contributed by atoms with Crippen LogP contribution in [0.3, 0.4) is 0 Å². The van der Waals surface area contributed by atoms with Gasteiger partial charge in [-0.15, -0.1) is 0 Å². The molecular formula is C12H18N2. The highest BCUT2D eigenvalue weighted by Gasteiger charge is 2.09. The molecule has 2 heteroatoms. The number of aromatic nitrogens is 1. The van der Waals surface area contributed by atoms with Crippen molar-refractivity contribution in [1.82, 2.24) is 10.3 Å². The van der Waals surface area contributed by atoms with Gasteiger partial charge in [0, 0.05) is 31.4 Å². The van der Waals surface area contributed by atoms with E-state index in [0.717, 1.165) is 19.5 Å². The number of nitrogens with one attached hydrogen (secondary N) is 1. The van der Waals surface area contributed by atoms with Gasteiger partial charge in [0.15, 0.2) is 0 Å². The van der Waals surface area contributed by atoms with Gasteiger partial charge < -0.3 is 5.32 Å². The molecule has 0 bridgehead atoms. The molecule has 2 heterocycles. The zero-order valence-corrected chi connectivity index (χ0v) is 8.84. The lowest BCUT2D eigenvalue weighted by Crippen LogP contribution is -2.24. The van der Waals surface area contributed by atoms with Gasteiger partial charge in [0.25, 0.3) is 0 Å². The Kier molecular flexibility index (Phi) is 3.14. The van der Waals surface area contributed by atoms with E-state index in [0.29, 0.717) is 0 Å². The zero-order valence-electron chi connectivity index (χ0n) is 8.84. The number of hydrogen-bond donors (Lipinski definition) is 1. The summed E-state index contributed by atoms with van der Waals surface area (Å²) in [6, 6.07) is 2.32. The van der Waals surface area contributed by atoms with Crippen LogP contribution in [0.2, 0.25) is 0 Å². The SMILES string of the molecule is CCCCc1cnc2c(c1)CNCC2. The number of rotatable bonds is 3. The van der Waals surface area contributed by atoms with Crippen LogP contribution < -0.4 is 5.32 Å². The second-order valence-electron chi connectivity index (χ2n) is 3.98. The van der Waals surface area contributed by atoms with Crippen molar-refractivity contribution in [3.63, 3.8) is 0 Å². The molecule has 0 fully saturated rings. The number of aryl methyl sites for hydroxylation is 1. The molecule has 1 aromatic heterocycles. The first-order valence-electron chi connectivity index (χ1n) is 5.57. The maximum atomic E-state index is 4.53. The Morgan fingerprint density at radius 2 is 2.43 bits per heavy atom. The number of unbranched alkanes of at least 4 members (excludes halogenated alkanes) is 1. The molecule has 0 aliphatic carbocycles. The summed E-state index contributed by atoms with van der Waals surface area (Å²) in [5.41, 5.74) is 4.10. The van der Waals surface area contributed by atoms with Crippen LogP contribution in [-0.2, 0) is 19.4 Å². The average Bonchev–Trinajstić information content (AvgIpc) is 2.26. The van der Waals surface area contributed by atoms with Crippen molar-refractivity contribution >= 4 is 0 Å². The van der Waals surface area contributed by atoms with Crippen LogP contribution in [0, 0.1) is 0 Å². The van der Waals surface area contributed by atoms with E-state index in [-0.39, 0.29) is 0 Å². The summed E-state index contributed by atoms with van der Waals surface area (Å²) in [5, 5.41) is 3.38. The summed E-state index contributed by atoms with van der Waals surface area (Å²) in [5.74, 6) is 0. The van der Waals surface area contributed by atoms with Gasteiger partial charge in [-0.1, -0.05) is 19.4 Å². The summed E-state index contributed by atoms with van der Waals surface area (Å²) in [6.45, 7) is 4.31. The van der Waals surface area contributed by atoms with E-state index in [9.17, 15) is 0 Å². The fraction of sp³-hybridized carbons (Fsp3) is 0.583. The molecule has 1 aliphatic heterocycles. The first-order valence-corrected chi connectivity index (χ1v) is 5.57. The molecule has 14 heavy (non-hydrogen) atoms. The van der Waals surface area contributed by atoms with Gasteiger partial charge in [0.05, 0.1) is 0 Å². The van der Waals surface area contributed by atoms with E-state index in [1.807, 2.05) is 0 Å². The van der Waals surface area contributed by atoms with Gasteiger partial charge in [-0.3, -0.25) is 4.98 Å². The van der Waals surface area contributed by atoms with Gasteiger partial charge in [-0.2, -0.15) is 0 Å². The van der Waals surface area contributed by atoms with Crippen LogP contribution in [0.4, 0.5) is 0 Å². The third kappa shape index (κ3) is 2.13. The monoisotopic (exact) mass is 190 g/mol. The normalized spacial score (nSPS) is 15.2. The predicted octanol–water partition coefficient (Wildman–Crippen LogP) is 2.07. The maximum absolute atomic E-state index is 4.53. The number of pyridine rings is 1. The average molecular weight is 190 g/mol. The first kappa shape index (κ1) is 9.66. The van der Waals surface area contributed by atoms with Crippen molar-refractivity contribution in [2.75, 3.05) is 6.54 Å². The summed E-state index contributed by atoms with van der Waals surface area (Å²) in [6.07, 6.45) is 6.85. The van der Waals surface area contributed by atoms with E-state index in [4.69, 9.17) is 0 Å². The summed E-state index contributed by atoms with van der Waals surface area (Å²) in [7, 11) is 0. The van der Waals surface area contributed by atoms with E-state index in [2.05, 4.69) is 29.5 Å². The minimum atomic E-state index is 1.00. The van der Waals surface area contributed by atoms with Crippen molar-refractivity contribution < 1.29 is 0 Å². The molecule has 0 unspecified atom stereocenters. The fourth-order valence-electron chi connectivity index (χ4n) is 1.91. The molecule has 0 amide bonds. The Balaban J connectivity index is 2.12. The fourth-order valence-corrected chi connectivity index (χ4v) is 1.91. The van der Waals surface area contributed by atoms with Crippen LogP contribution >= 0.6 is 0 Å². The lowest BCUT2D eigenvalue weighted by molar-refractivity contribution is 0.627. The van der Waals surface area contributed by atoms with E-state index in [1.54, 1.807) is 0 Å². The molecule has 0 atom stereocenters. The molecule has 1 aliphatic rings. The minimum Gasteiger partial charge on any atom is -0.312 e. The second-order valence-corrected chi connectivity index (χ2v) is 3.98. The van der Waals surface area contributed by atoms with Crippen molar-refractivity contribution in [2.24, 2.45) is 0 Å². The molecule has 76 valence electrons. The van der Waals surface area contributed by atoms with Crippen LogP contribution in [0.25, 0.3) is 0 Å². The predicted molar refractivity (Wildman–Crippen MR) is 58.3 cm³/mol. The zero-order chi connectivity index (χ0) is 9.80. The number of fused-ring (bicyclic) bond motifs is 1. The van der Waals surface area contributed by atoms with Crippen molar-refractivity contribution in [2.45, 2.75) is 39.2 Å². The standard InChI is InChI=1S/C12H18N2/c1-2-3-4-10-7-11-9-13-6-5-12(11)14-8-10/h7-8,13H,2-6,9H2,1H3. The van der Waals surface area contributed by atoms with Crippen molar-refractivity contribution in [3.05, 3.63) is 29.1 Å². The molecule has 0 radical (unpaired) electrons. The largest absolute Gasteiger partial charge is 0.312 e. The molecular weight excluding hydrogens is 172 g/mol. The Morgan fingerprint density at radius 3 is 3.29 bits per heavy atom. The highest BCUT2D eigenvalue weighted by atomic mass is 14.9. The smallest absolute Gasteiger partial charge is 0.0461 e. The minimum absolute atomic E-state index is 1.00. The first-order chi connectivity index (χ1) is 6.90. The van der Waals surface area contributed by atoms with Crippen LogP contribution in [0.1, 0.15) is 36.6 Å². The van der Waals surface area contributed by atoms with E-state index >= 15 is 0 Å². The van der Waals surface area contributed by atoms with Gasteiger partial charge >= 0.3 is 0 Å². The molecule has 2 rings (SSSR count). The molecule has 2 nitrogen and oxygen atoms in total. The highest BCUT2D eigenvalue weighted by molar-refractivity contribution is 5.27. The Morgan fingerprint density at radius 1 is 1.50 bits per heavy atom. The van der Waals surface area contributed by atoms with Gasteiger partial charge in [-0.25, -0.2) is 0 Å². The lowest BCUT2D eigenvalue weighted by atomic mass is 10.0. The van der Waals surface area contributed by atoms with Crippen molar-refractivity contribution in [1.29, 1.82) is 0 Å². The number of nitrogens with zero attached hydrogens (tertiary/aromatic N) is 1. The van der Waals surface area contributed by atoms with Gasteiger partial charge in [0.2, 0.25) is 0 Å². The third-order valence-electron chi connectivity index (χ3n) is 2.79. The maximum Gasteiger partial charge on any atom is 0.0461 e. The Bertz CT molecular complexity index is 307. The van der Waals surface area contributed by atoms with E-state index < -0.39 is 0 Å².